The van der Waals surface area contributed by atoms with Gasteiger partial charge < -0.3 is 14.2 Å². The summed E-state index contributed by atoms with van der Waals surface area (Å²) in [6, 6.07) is 16.4. The van der Waals surface area contributed by atoms with E-state index in [1.807, 2.05) is 24.3 Å². The summed E-state index contributed by atoms with van der Waals surface area (Å²) in [5, 5.41) is 2.45. The van der Waals surface area contributed by atoms with E-state index in [2.05, 4.69) is 21.2 Å². The van der Waals surface area contributed by atoms with Crippen molar-refractivity contribution < 1.29 is 28.6 Å². The van der Waals surface area contributed by atoms with E-state index in [9.17, 15) is 14.4 Å². The smallest absolute Gasteiger partial charge is 0.335 e. The van der Waals surface area contributed by atoms with Gasteiger partial charge in [-0.1, -0.05) is 39.7 Å². The Kier molecular flexibility index (Phi) is 8.15. The van der Waals surface area contributed by atoms with Gasteiger partial charge in [0.2, 0.25) is 0 Å². The molecule has 1 heterocycles. The number of nitrogens with one attached hydrogen (secondary N) is 1. The number of nitrogens with zero attached hydrogens (tertiary/aromatic N) is 1. The SMILES string of the molecule is CCOc1cc(/C=C2\C(=O)NC(=O)N(c3ccc(OCc4ccc(Br)cc4)cc3)C2=O)cc(Cl)c1OC. The van der Waals surface area contributed by atoms with Crippen molar-refractivity contribution in [3.05, 3.63) is 86.9 Å². The molecule has 8 nitrogen and oxygen atoms in total. The lowest BCUT2D eigenvalue weighted by Gasteiger charge is -2.26. The number of benzene rings is 3. The molecule has 3 aromatic carbocycles. The summed E-state index contributed by atoms with van der Waals surface area (Å²) in [5.41, 5.74) is 1.45. The number of barbiturate groups is 1. The van der Waals surface area contributed by atoms with E-state index < -0.39 is 17.8 Å². The summed E-state index contributed by atoms with van der Waals surface area (Å²) >= 11 is 9.69. The second kappa shape index (κ2) is 11.5. The van der Waals surface area contributed by atoms with E-state index in [0.717, 1.165) is 14.9 Å². The Balaban J connectivity index is 1.56. The number of rotatable bonds is 8. The summed E-state index contributed by atoms with van der Waals surface area (Å²) in [6.45, 7) is 2.51. The number of carbonyl (C=O) groups excluding carboxylic acids is 3. The summed E-state index contributed by atoms with van der Waals surface area (Å²) in [5.74, 6) is -0.337. The van der Waals surface area contributed by atoms with Crippen LogP contribution in [0.25, 0.3) is 6.08 Å². The quantitative estimate of drug-likeness (QED) is 0.267. The van der Waals surface area contributed by atoms with Crippen LogP contribution in [0.3, 0.4) is 0 Å². The molecule has 0 spiro atoms. The van der Waals surface area contributed by atoms with Crippen molar-refractivity contribution in [3.8, 4) is 17.2 Å². The summed E-state index contributed by atoms with van der Waals surface area (Å²) < 4.78 is 17.6. The molecule has 0 bridgehead atoms. The zero-order chi connectivity index (χ0) is 26.5. The minimum atomic E-state index is -0.849. The lowest BCUT2D eigenvalue weighted by molar-refractivity contribution is -0.122. The molecule has 1 aliphatic rings. The molecule has 190 valence electrons. The molecule has 0 aromatic heterocycles. The van der Waals surface area contributed by atoms with Crippen LogP contribution < -0.4 is 24.4 Å². The van der Waals surface area contributed by atoms with Crippen molar-refractivity contribution in [2.24, 2.45) is 0 Å². The fourth-order valence-electron chi connectivity index (χ4n) is 3.63. The number of amides is 4. The fourth-order valence-corrected chi connectivity index (χ4v) is 4.19. The van der Waals surface area contributed by atoms with E-state index in [1.165, 1.54) is 19.3 Å². The topological polar surface area (TPSA) is 94.2 Å². The van der Waals surface area contributed by atoms with Crippen molar-refractivity contribution in [1.29, 1.82) is 0 Å². The number of imide groups is 2. The first-order valence-electron chi connectivity index (χ1n) is 11.2. The first kappa shape index (κ1) is 26.2. The third kappa shape index (κ3) is 5.95. The monoisotopic (exact) mass is 584 g/mol. The van der Waals surface area contributed by atoms with Crippen molar-refractivity contribution >= 4 is 57.1 Å². The summed E-state index contributed by atoms with van der Waals surface area (Å²) in [4.78, 5) is 39.3. The van der Waals surface area contributed by atoms with Gasteiger partial charge in [0.05, 0.1) is 24.4 Å². The lowest BCUT2D eigenvalue weighted by atomic mass is 10.1. The lowest BCUT2D eigenvalue weighted by Crippen LogP contribution is -2.54. The zero-order valence-corrected chi connectivity index (χ0v) is 22.3. The highest BCUT2D eigenvalue weighted by Crippen LogP contribution is 2.37. The van der Waals surface area contributed by atoms with Crippen molar-refractivity contribution in [2.75, 3.05) is 18.6 Å². The van der Waals surface area contributed by atoms with Gasteiger partial charge >= 0.3 is 6.03 Å². The van der Waals surface area contributed by atoms with Gasteiger partial charge in [0.15, 0.2) is 11.5 Å². The molecule has 1 aliphatic heterocycles. The molecule has 0 unspecified atom stereocenters. The number of carbonyl (C=O) groups is 3. The minimum absolute atomic E-state index is 0.237. The molecule has 37 heavy (non-hydrogen) atoms. The molecule has 0 radical (unpaired) electrons. The predicted molar refractivity (Wildman–Crippen MR) is 143 cm³/mol. The third-order valence-corrected chi connectivity index (χ3v) is 6.17. The molecule has 4 amide bonds. The van der Waals surface area contributed by atoms with Gasteiger partial charge in [-0.3, -0.25) is 14.9 Å². The first-order chi connectivity index (χ1) is 17.8. The molecule has 1 N–H and O–H groups in total. The molecule has 1 saturated heterocycles. The van der Waals surface area contributed by atoms with Crippen molar-refractivity contribution in [1.82, 2.24) is 5.32 Å². The zero-order valence-electron chi connectivity index (χ0n) is 19.9. The van der Waals surface area contributed by atoms with Gasteiger partial charge in [-0.2, -0.15) is 0 Å². The maximum Gasteiger partial charge on any atom is 0.335 e. The van der Waals surface area contributed by atoms with Crippen LogP contribution in [0.5, 0.6) is 17.2 Å². The molecule has 0 atom stereocenters. The maximum atomic E-state index is 13.2. The molecule has 10 heteroatoms. The van der Waals surface area contributed by atoms with Crippen LogP contribution in [-0.2, 0) is 16.2 Å². The molecular weight excluding hydrogens is 564 g/mol. The van der Waals surface area contributed by atoms with Gasteiger partial charge in [-0.15, -0.1) is 0 Å². The summed E-state index contributed by atoms with van der Waals surface area (Å²) in [7, 11) is 1.46. The Morgan fingerprint density at radius 1 is 1.00 bits per heavy atom. The molecule has 1 fully saturated rings. The Morgan fingerprint density at radius 3 is 2.35 bits per heavy atom. The number of methoxy groups -OCH3 is 1. The number of urea groups is 1. The summed E-state index contributed by atoms with van der Waals surface area (Å²) in [6.07, 6.45) is 1.35. The highest BCUT2D eigenvalue weighted by Gasteiger charge is 2.37. The van der Waals surface area contributed by atoms with Crippen LogP contribution in [0.2, 0.25) is 5.02 Å². The average Bonchev–Trinajstić information content (AvgIpc) is 2.87. The molecular formula is C27H22BrClN2O6. The van der Waals surface area contributed by atoms with E-state index in [4.69, 9.17) is 25.8 Å². The van der Waals surface area contributed by atoms with Crippen LogP contribution in [0, 0.1) is 0 Å². The molecule has 3 aromatic rings. The Morgan fingerprint density at radius 2 is 1.70 bits per heavy atom. The highest BCUT2D eigenvalue weighted by molar-refractivity contribution is 9.10. The average molecular weight is 586 g/mol. The Hall–Kier alpha value is -3.82. The Labute approximate surface area is 226 Å². The van der Waals surface area contributed by atoms with Gasteiger partial charge in [0, 0.05) is 4.47 Å². The normalized spacial score (nSPS) is 14.5. The number of halogens is 2. The standard InChI is InChI=1S/C27H22BrClN2O6/c1-3-36-23-14-17(13-22(29)24(23)35-2)12-21-25(32)30-27(34)31(26(21)33)19-8-10-20(11-9-19)37-15-16-4-6-18(28)7-5-16/h4-14H,3,15H2,1-2H3,(H,30,32,34)/b21-12+. The van der Waals surface area contributed by atoms with E-state index in [-0.39, 0.29) is 16.3 Å². The third-order valence-electron chi connectivity index (χ3n) is 5.36. The van der Waals surface area contributed by atoms with Gasteiger partial charge in [-0.05, 0) is 72.7 Å². The number of hydrogen-bond acceptors (Lipinski definition) is 6. The van der Waals surface area contributed by atoms with Crippen LogP contribution in [0.1, 0.15) is 18.1 Å². The van der Waals surface area contributed by atoms with E-state index >= 15 is 0 Å². The second-order valence-corrected chi connectivity index (χ2v) is 9.16. The molecule has 0 aliphatic carbocycles. The second-order valence-electron chi connectivity index (χ2n) is 7.83. The fraction of sp³-hybridized carbons (Fsp3) is 0.148. The van der Waals surface area contributed by atoms with Crippen LogP contribution in [0.4, 0.5) is 10.5 Å². The van der Waals surface area contributed by atoms with Gasteiger partial charge in [0.25, 0.3) is 11.8 Å². The minimum Gasteiger partial charge on any atom is -0.491 e. The van der Waals surface area contributed by atoms with Gasteiger partial charge in [-0.25, -0.2) is 9.69 Å². The Bertz CT molecular complexity index is 1370. The largest absolute Gasteiger partial charge is 0.491 e. The van der Waals surface area contributed by atoms with Crippen LogP contribution >= 0.6 is 27.5 Å². The van der Waals surface area contributed by atoms with Gasteiger partial charge in [0.1, 0.15) is 17.9 Å². The number of ether oxygens (including phenoxy) is 3. The number of anilines is 1. The van der Waals surface area contributed by atoms with Crippen molar-refractivity contribution in [3.63, 3.8) is 0 Å². The van der Waals surface area contributed by atoms with E-state index in [1.54, 1.807) is 37.3 Å². The first-order valence-corrected chi connectivity index (χ1v) is 12.4. The predicted octanol–water partition coefficient (Wildman–Crippen LogP) is 5.76. The van der Waals surface area contributed by atoms with Crippen LogP contribution in [-0.4, -0.2) is 31.6 Å². The van der Waals surface area contributed by atoms with E-state index in [0.29, 0.717) is 36.0 Å². The van der Waals surface area contributed by atoms with Crippen molar-refractivity contribution in [2.45, 2.75) is 13.5 Å². The highest BCUT2D eigenvalue weighted by atomic mass is 79.9. The molecule has 0 saturated carbocycles. The molecule has 4 rings (SSSR count). The maximum absolute atomic E-state index is 13.2. The van der Waals surface area contributed by atoms with Crippen LogP contribution in [0.15, 0.2) is 70.7 Å². The number of hydrogen-bond donors (Lipinski definition) is 1.